The lowest BCUT2D eigenvalue weighted by Crippen LogP contribution is -3.00. The van der Waals surface area contributed by atoms with Gasteiger partial charge >= 0.3 is 0 Å². The number of aliphatic hydroxyl groups excluding tert-OH is 1. The molecule has 1 unspecified atom stereocenters. The van der Waals surface area contributed by atoms with Crippen molar-refractivity contribution >= 4 is 0 Å². The summed E-state index contributed by atoms with van der Waals surface area (Å²) in [4.78, 5) is 2.41. The highest BCUT2D eigenvalue weighted by Crippen LogP contribution is 2.24. The Morgan fingerprint density at radius 2 is 1.77 bits per heavy atom. The molecule has 0 spiro atoms. The molecule has 1 atom stereocenters. The maximum absolute atomic E-state index is 9.56. The van der Waals surface area contributed by atoms with Crippen molar-refractivity contribution in [2.45, 2.75) is 19.6 Å². The van der Waals surface area contributed by atoms with E-state index < -0.39 is 6.10 Å². The van der Waals surface area contributed by atoms with Crippen LogP contribution in [0.4, 0.5) is 0 Å². The standard InChI is InChI=1S/C19H26N2O3.2ClH/c1-15(22)16-2-4-17(5-3-16)19-7-6-18(24-19)14-20-8-9-21-10-12-23-13-11-21;;/h2-7,15,20,22H,8-14H2,1H3;2*1H/p-2. The van der Waals surface area contributed by atoms with Crippen LogP contribution in [-0.2, 0) is 11.3 Å². The fraction of sp³-hybridized carbons (Fsp3) is 0.474. The summed E-state index contributed by atoms with van der Waals surface area (Å²) >= 11 is 0. The van der Waals surface area contributed by atoms with Crippen LogP contribution in [0.5, 0.6) is 0 Å². The number of nitrogens with one attached hydrogen (secondary N) is 1. The zero-order valence-electron chi connectivity index (χ0n) is 15.0. The third-order valence-electron chi connectivity index (χ3n) is 4.35. The summed E-state index contributed by atoms with van der Waals surface area (Å²) in [6.07, 6.45) is -0.443. The van der Waals surface area contributed by atoms with E-state index in [0.717, 1.165) is 68.6 Å². The molecule has 1 saturated heterocycles. The molecule has 2 heterocycles. The summed E-state index contributed by atoms with van der Waals surface area (Å²) in [5.74, 6) is 1.80. The van der Waals surface area contributed by atoms with Gasteiger partial charge in [0.2, 0.25) is 0 Å². The second-order valence-corrected chi connectivity index (χ2v) is 6.19. The number of hydrogen-bond acceptors (Lipinski definition) is 5. The van der Waals surface area contributed by atoms with Gasteiger partial charge in [0.05, 0.1) is 25.9 Å². The van der Waals surface area contributed by atoms with Crippen LogP contribution in [0.25, 0.3) is 11.3 Å². The Morgan fingerprint density at radius 3 is 2.42 bits per heavy atom. The monoisotopic (exact) mass is 400 g/mol. The topological polar surface area (TPSA) is 57.9 Å². The van der Waals surface area contributed by atoms with Crippen molar-refractivity contribution < 1.29 is 39.1 Å². The summed E-state index contributed by atoms with van der Waals surface area (Å²) in [7, 11) is 0. The molecule has 7 heteroatoms. The van der Waals surface area contributed by atoms with Crippen molar-refractivity contribution in [3.8, 4) is 11.3 Å². The van der Waals surface area contributed by atoms with Crippen LogP contribution in [-0.4, -0.2) is 49.4 Å². The molecule has 2 N–H and O–H groups in total. The molecule has 0 aliphatic carbocycles. The fourth-order valence-electron chi connectivity index (χ4n) is 2.83. The molecule has 1 aliphatic heterocycles. The Morgan fingerprint density at radius 1 is 1.08 bits per heavy atom. The Balaban J connectivity index is 0.00000169. The fourth-order valence-corrected chi connectivity index (χ4v) is 2.83. The van der Waals surface area contributed by atoms with Gasteiger partial charge in [0, 0.05) is 31.7 Å². The van der Waals surface area contributed by atoms with Crippen LogP contribution in [0.15, 0.2) is 40.8 Å². The lowest BCUT2D eigenvalue weighted by molar-refractivity contribution is -0.001000. The minimum absolute atomic E-state index is 0. The highest BCUT2D eigenvalue weighted by molar-refractivity contribution is 5.58. The number of furan rings is 1. The first-order valence-corrected chi connectivity index (χ1v) is 8.60. The molecular formula is C19H26Cl2N2O3-2. The number of morpholine rings is 1. The molecule has 0 radical (unpaired) electrons. The second-order valence-electron chi connectivity index (χ2n) is 6.19. The van der Waals surface area contributed by atoms with Crippen molar-refractivity contribution in [1.82, 2.24) is 10.2 Å². The quantitative estimate of drug-likeness (QED) is 0.471. The number of ether oxygens (including phenoxy) is 1. The van der Waals surface area contributed by atoms with Gasteiger partial charge in [-0.25, -0.2) is 0 Å². The molecule has 0 bridgehead atoms. The molecule has 1 aromatic carbocycles. The van der Waals surface area contributed by atoms with Gasteiger partial charge < -0.3 is 44.4 Å². The van der Waals surface area contributed by atoms with E-state index in [4.69, 9.17) is 9.15 Å². The zero-order valence-corrected chi connectivity index (χ0v) is 16.5. The third-order valence-corrected chi connectivity index (χ3v) is 4.35. The maximum atomic E-state index is 9.56. The molecule has 1 aromatic heterocycles. The summed E-state index contributed by atoms with van der Waals surface area (Å²) < 4.78 is 11.3. The minimum Gasteiger partial charge on any atom is -1.00 e. The van der Waals surface area contributed by atoms with Crippen molar-refractivity contribution in [2.24, 2.45) is 0 Å². The van der Waals surface area contributed by atoms with Crippen molar-refractivity contribution in [1.29, 1.82) is 0 Å². The van der Waals surface area contributed by atoms with E-state index in [1.807, 2.05) is 36.4 Å². The number of benzene rings is 1. The highest BCUT2D eigenvalue weighted by Gasteiger charge is 2.10. The first-order chi connectivity index (χ1) is 11.7. The number of aliphatic hydroxyl groups is 1. The van der Waals surface area contributed by atoms with Crippen LogP contribution < -0.4 is 30.1 Å². The van der Waals surface area contributed by atoms with Gasteiger partial charge in [-0.15, -0.1) is 0 Å². The predicted octanol–water partition coefficient (Wildman–Crippen LogP) is -3.57. The molecular weight excluding hydrogens is 375 g/mol. The lowest BCUT2D eigenvalue weighted by atomic mass is 10.1. The van der Waals surface area contributed by atoms with Gasteiger partial charge in [0.15, 0.2) is 0 Å². The van der Waals surface area contributed by atoms with Gasteiger partial charge in [-0.2, -0.15) is 0 Å². The Bertz CT molecular complexity index is 626. The molecule has 0 saturated carbocycles. The maximum Gasteiger partial charge on any atom is 0.134 e. The van der Waals surface area contributed by atoms with E-state index in [1.54, 1.807) is 6.92 Å². The average molecular weight is 401 g/mol. The summed E-state index contributed by atoms with van der Waals surface area (Å²) in [5.41, 5.74) is 1.94. The molecule has 146 valence electrons. The highest BCUT2D eigenvalue weighted by atomic mass is 35.5. The van der Waals surface area contributed by atoms with Crippen LogP contribution in [0, 0.1) is 0 Å². The molecule has 26 heavy (non-hydrogen) atoms. The van der Waals surface area contributed by atoms with Crippen LogP contribution >= 0.6 is 0 Å². The van der Waals surface area contributed by atoms with Crippen LogP contribution in [0.1, 0.15) is 24.4 Å². The van der Waals surface area contributed by atoms with Gasteiger partial charge in [0.1, 0.15) is 11.5 Å². The third kappa shape index (κ3) is 6.58. The molecule has 3 rings (SSSR count). The second kappa shape index (κ2) is 11.6. The number of rotatable bonds is 7. The first kappa shape index (κ1) is 23.0. The average Bonchev–Trinajstić information content (AvgIpc) is 3.09. The van der Waals surface area contributed by atoms with Crippen molar-refractivity contribution in [2.75, 3.05) is 39.4 Å². The Labute approximate surface area is 167 Å². The number of hydrogen-bond donors (Lipinski definition) is 2. The summed E-state index contributed by atoms with van der Waals surface area (Å²) in [5, 5.41) is 13.0. The van der Waals surface area contributed by atoms with Gasteiger partial charge in [-0.3, -0.25) is 4.90 Å². The lowest BCUT2D eigenvalue weighted by Gasteiger charge is -2.26. The van der Waals surface area contributed by atoms with E-state index >= 15 is 0 Å². The largest absolute Gasteiger partial charge is 1.00 e. The summed E-state index contributed by atoms with van der Waals surface area (Å²) in [6, 6.07) is 11.8. The van der Waals surface area contributed by atoms with Gasteiger partial charge in [0.25, 0.3) is 0 Å². The SMILES string of the molecule is CC(O)c1ccc(-c2ccc(CNCCN3CCOCC3)o2)cc1.[Cl-].[Cl-]. The van der Waals surface area contributed by atoms with E-state index in [0.29, 0.717) is 0 Å². The van der Waals surface area contributed by atoms with Crippen molar-refractivity contribution in [3.05, 3.63) is 47.7 Å². The smallest absolute Gasteiger partial charge is 0.134 e. The summed E-state index contributed by atoms with van der Waals surface area (Å²) in [6.45, 7) is 8.21. The Hall–Kier alpha value is -1.08. The predicted molar refractivity (Wildman–Crippen MR) is 93.7 cm³/mol. The molecule has 1 fully saturated rings. The molecule has 5 nitrogen and oxygen atoms in total. The van der Waals surface area contributed by atoms with E-state index in [-0.39, 0.29) is 24.8 Å². The molecule has 0 amide bonds. The van der Waals surface area contributed by atoms with E-state index in [2.05, 4.69) is 10.2 Å². The van der Waals surface area contributed by atoms with Gasteiger partial charge in [-0.1, -0.05) is 24.3 Å². The molecule has 2 aromatic rings. The molecule has 1 aliphatic rings. The van der Waals surface area contributed by atoms with E-state index in [1.165, 1.54) is 0 Å². The van der Waals surface area contributed by atoms with E-state index in [9.17, 15) is 5.11 Å². The number of halogens is 2. The zero-order chi connectivity index (χ0) is 16.8. The number of nitrogens with zero attached hydrogens (tertiary/aromatic N) is 1. The Kier molecular flexibility index (Phi) is 10.2. The first-order valence-electron chi connectivity index (χ1n) is 8.60. The van der Waals surface area contributed by atoms with Crippen molar-refractivity contribution in [3.63, 3.8) is 0 Å². The van der Waals surface area contributed by atoms with Crippen LogP contribution in [0.2, 0.25) is 0 Å². The van der Waals surface area contributed by atoms with Gasteiger partial charge in [-0.05, 0) is 24.6 Å². The normalized spacial score (nSPS) is 15.8. The minimum atomic E-state index is -0.443. The van der Waals surface area contributed by atoms with Crippen LogP contribution in [0.3, 0.4) is 0 Å².